The number of fused-ring (bicyclic) bond motifs is 8. The smallest absolute Gasteiger partial charge is 0.135 e. The van der Waals surface area contributed by atoms with Crippen molar-refractivity contribution in [3.63, 3.8) is 0 Å². The monoisotopic (exact) mass is 488 g/mol. The third kappa shape index (κ3) is 5.67. The molecule has 1 aromatic carbocycles. The number of ketones is 1. The predicted molar refractivity (Wildman–Crippen MR) is 134 cm³/mol. The van der Waals surface area contributed by atoms with Crippen LogP contribution in [0.15, 0.2) is 72.8 Å². The largest absolute Gasteiger partial charge is 0.355 e. The topological polar surface area (TPSA) is 74.4 Å². The molecule has 6 heteroatoms. The first kappa shape index (κ1) is 23.2. The molecule has 4 aromatic rings. The maximum Gasteiger partial charge on any atom is 0.135 e. The summed E-state index contributed by atoms with van der Waals surface area (Å²) in [5.41, 5.74) is 8.60. The summed E-state index contributed by atoms with van der Waals surface area (Å²) < 4.78 is 0. The zero-order valence-electron chi connectivity index (χ0n) is 18.4. The summed E-state index contributed by atoms with van der Waals surface area (Å²) in [5.74, 6) is 0.101. The number of H-pyrrole nitrogens is 2. The van der Waals surface area contributed by atoms with Crippen LogP contribution in [0.1, 0.15) is 40.1 Å². The van der Waals surface area contributed by atoms with Gasteiger partial charge in [0, 0.05) is 38.8 Å². The van der Waals surface area contributed by atoms with Gasteiger partial charge in [-0.2, -0.15) is 30.3 Å². The Morgan fingerprint density at radius 3 is 1.47 bits per heavy atom. The van der Waals surface area contributed by atoms with Crippen LogP contribution >= 0.6 is 0 Å². The second-order valence-corrected chi connectivity index (χ2v) is 7.75. The van der Waals surface area contributed by atoms with Crippen molar-refractivity contribution in [1.29, 1.82) is 0 Å². The second-order valence-electron chi connectivity index (χ2n) is 7.75. The van der Waals surface area contributed by atoms with Gasteiger partial charge in [0.1, 0.15) is 5.78 Å². The third-order valence-electron chi connectivity index (χ3n) is 5.17. The van der Waals surface area contributed by atoms with E-state index in [0.29, 0.717) is 0 Å². The van der Waals surface area contributed by atoms with Crippen molar-refractivity contribution in [1.82, 2.24) is 19.9 Å². The Labute approximate surface area is 207 Å². The molecule has 34 heavy (non-hydrogen) atoms. The van der Waals surface area contributed by atoms with E-state index in [-0.39, 0.29) is 22.6 Å². The van der Waals surface area contributed by atoms with Crippen molar-refractivity contribution in [3.05, 3.63) is 107 Å². The molecule has 2 N–H and O–H groups in total. The summed E-state index contributed by atoms with van der Waals surface area (Å²) >= 11 is 0. The van der Waals surface area contributed by atoms with Crippen molar-refractivity contribution < 1.29 is 21.6 Å². The van der Waals surface area contributed by atoms with Crippen LogP contribution in [0.25, 0.3) is 46.4 Å². The van der Waals surface area contributed by atoms with Crippen LogP contribution < -0.4 is 0 Å². The van der Waals surface area contributed by atoms with Crippen LogP contribution in [0.3, 0.4) is 0 Å². The minimum Gasteiger partial charge on any atom is -0.355 e. The standard InChI is InChI=1S/C20H14N4.C8H7O.Co/c1-2-14-10-16-5-6-18(23-16)12-20-8-7-19(24-20)11-17-4-3-15(22-17)9-13(1)21-14;1-7(9)8-5-3-2-4-6-8;/h1-12,21-22H;3-6H,1H3;/q;-1;. The van der Waals surface area contributed by atoms with Gasteiger partial charge in [-0.1, -0.05) is 5.56 Å². The number of benzene rings is 1. The third-order valence-corrected chi connectivity index (χ3v) is 5.17. The molecule has 0 fully saturated rings. The van der Waals surface area contributed by atoms with Gasteiger partial charge in [-0.15, -0.1) is 0 Å². The molecule has 0 unspecified atom stereocenters. The van der Waals surface area contributed by atoms with Gasteiger partial charge in [0.2, 0.25) is 0 Å². The van der Waals surface area contributed by atoms with Crippen LogP contribution in [0.4, 0.5) is 0 Å². The number of rotatable bonds is 1. The van der Waals surface area contributed by atoms with Crippen molar-refractivity contribution >= 4 is 52.2 Å². The number of Topliss-reactive ketones (excluding diaryl/α,β-unsaturated/α-hetero) is 1. The quantitative estimate of drug-likeness (QED) is 0.209. The number of carbonyl (C=O) groups excluding carboxylic acids is 1. The predicted octanol–water partition coefficient (Wildman–Crippen LogP) is 6.34. The first-order chi connectivity index (χ1) is 16.1. The summed E-state index contributed by atoms with van der Waals surface area (Å²) in [6.07, 6.45) is 8.05. The van der Waals surface area contributed by atoms with E-state index in [4.69, 9.17) is 0 Å². The average molecular weight is 488 g/mol. The van der Waals surface area contributed by atoms with Gasteiger partial charge >= 0.3 is 0 Å². The van der Waals surface area contributed by atoms with E-state index >= 15 is 0 Å². The van der Waals surface area contributed by atoms with Gasteiger partial charge in [0.05, 0.1) is 22.8 Å². The Hall–Kier alpha value is -4.00. The number of aromatic amines is 2. The first-order valence-electron chi connectivity index (χ1n) is 10.6. The Balaban J connectivity index is 0.000000234. The fraction of sp³-hybridized carbons (Fsp3) is 0.0357. The molecule has 3 aromatic heterocycles. The minimum absolute atomic E-state index is 0. The maximum absolute atomic E-state index is 10.6. The fourth-order valence-electron chi connectivity index (χ4n) is 3.57. The van der Waals surface area contributed by atoms with E-state index in [2.05, 4.69) is 56.3 Å². The molecule has 5 nitrogen and oxygen atoms in total. The van der Waals surface area contributed by atoms with Gasteiger partial charge in [0.25, 0.3) is 0 Å². The summed E-state index contributed by atoms with van der Waals surface area (Å²) in [5, 5.41) is 0. The zero-order valence-corrected chi connectivity index (χ0v) is 19.4. The molecule has 0 aliphatic carbocycles. The Kier molecular flexibility index (Phi) is 7.01. The number of hydrogen-bond acceptors (Lipinski definition) is 3. The molecule has 0 spiro atoms. The first-order valence-corrected chi connectivity index (χ1v) is 10.6. The van der Waals surface area contributed by atoms with Gasteiger partial charge in [-0.25, -0.2) is 9.97 Å². The van der Waals surface area contributed by atoms with E-state index < -0.39 is 0 Å². The molecule has 1 radical (unpaired) electrons. The van der Waals surface area contributed by atoms with E-state index in [0.717, 1.165) is 50.4 Å². The molecule has 0 saturated heterocycles. The van der Waals surface area contributed by atoms with Crippen LogP contribution in [-0.2, 0) is 16.8 Å². The number of nitrogens with zero attached hydrogens (tertiary/aromatic N) is 2. The number of carbonyl (C=O) groups is 1. The number of aromatic nitrogens is 4. The van der Waals surface area contributed by atoms with Gasteiger partial charge in [-0.3, -0.25) is 4.79 Å². The van der Waals surface area contributed by atoms with Gasteiger partial charge in [-0.05, 0) is 79.8 Å². The van der Waals surface area contributed by atoms with Gasteiger partial charge < -0.3 is 9.97 Å². The second kappa shape index (κ2) is 10.3. The molecule has 8 bridgehead atoms. The SMILES string of the molecule is C1=Cc2cc3ccc(cc4ccc(cc5nc(cc1n2)C=C5)[nH]4)[nH]3.CC(=O)c1cc[c-]cc1.[Co]. The van der Waals surface area contributed by atoms with Crippen LogP contribution in [-0.4, -0.2) is 25.7 Å². The van der Waals surface area contributed by atoms with Crippen LogP contribution in [0.2, 0.25) is 0 Å². The molecule has 5 heterocycles. The van der Waals surface area contributed by atoms with Crippen LogP contribution in [0.5, 0.6) is 0 Å². The van der Waals surface area contributed by atoms with Crippen molar-refractivity contribution in [2.24, 2.45) is 0 Å². The summed E-state index contributed by atoms with van der Waals surface area (Å²) in [7, 11) is 0. The fourth-order valence-corrected chi connectivity index (χ4v) is 3.57. The molecule has 0 amide bonds. The van der Waals surface area contributed by atoms with Crippen molar-refractivity contribution in [2.75, 3.05) is 0 Å². The van der Waals surface area contributed by atoms with Crippen molar-refractivity contribution in [2.45, 2.75) is 6.92 Å². The molecule has 0 atom stereocenters. The molecule has 169 valence electrons. The Bertz CT molecular complexity index is 1460. The maximum atomic E-state index is 10.6. The molecule has 0 saturated carbocycles. The molecule has 2 aliphatic rings. The minimum atomic E-state index is 0. The molecular formula is C28H21CoN4O-. The number of nitrogens with one attached hydrogen (secondary N) is 2. The molecular weight excluding hydrogens is 467 g/mol. The molecule has 6 rings (SSSR count). The van der Waals surface area contributed by atoms with E-state index in [1.54, 1.807) is 31.2 Å². The van der Waals surface area contributed by atoms with E-state index in [1.807, 2.05) is 42.5 Å². The van der Waals surface area contributed by atoms with E-state index in [1.165, 1.54) is 0 Å². The summed E-state index contributed by atoms with van der Waals surface area (Å²) in [6, 6.07) is 26.2. The normalized spacial score (nSPS) is 11.3. The van der Waals surface area contributed by atoms with Gasteiger partial charge in [0.15, 0.2) is 0 Å². The average Bonchev–Trinajstić information content (AvgIpc) is 3.61. The van der Waals surface area contributed by atoms with E-state index in [9.17, 15) is 4.79 Å². The Morgan fingerprint density at radius 1 is 0.647 bits per heavy atom. The summed E-state index contributed by atoms with van der Waals surface area (Å²) in [6.45, 7) is 1.55. The summed E-state index contributed by atoms with van der Waals surface area (Å²) in [4.78, 5) is 26.7. The molecule has 2 aliphatic heterocycles. The van der Waals surface area contributed by atoms with Crippen molar-refractivity contribution in [3.8, 4) is 0 Å². The Morgan fingerprint density at radius 2 is 1.06 bits per heavy atom. The number of hydrogen-bond donors (Lipinski definition) is 2. The zero-order chi connectivity index (χ0) is 22.6. The van der Waals surface area contributed by atoms with Crippen LogP contribution in [0, 0.1) is 6.07 Å².